The van der Waals surface area contributed by atoms with Gasteiger partial charge in [0.05, 0.1) is 75.5 Å². The third-order valence-corrected chi connectivity index (χ3v) is 18.9. The van der Waals surface area contributed by atoms with Crippen molar-refractivity contribution in [2.24, 2.45) is 23.2 Å². The van der Waals surface area contributed by atoms with E-state index in [1.807, 2.05) is 86.5 Å². The fourth-order valence-corrected chi connectivity index (χ4v) is 13.9. The van der Waals surface area contributed by atoms with Crippen molar-refractivity contribution in [1.82, 2.24) is 60.0 Å². The van der Waals surface area contributed by atoms with Gasteiger partial charge in [-0.1, -0.05) is 78.5 Å². The third kappa shape index (κ3) is 13.9. The highest BCUT2D eigenvalue weighted by atomic mass is 32.1. The van der Waals surface area contributed by atoms with E-state index >= 15 is 0 Å². The van der Waals surface area contributed by atoms with Crippen LogP contribution in [0.5, 0.6) is 5.75 Å². The smallest absolute Gasteiger partial charge is 0.407 e. The molecule has 0 unspecified atom stereocenters. The molecule has 7 heterocycles. The van der Waals surface area contributed by atoms with Crippen molar-refractivity contribution in [2.45, 2.75) is 135 Å². The molecule has 7 atom stereocenters. The van der Waals surface area contributed by atoms with Crippen LogP contribution in [0.1, 0.15) is 149 Å². The van der Waals surface area contributed by atoms with Gasteiger partial charge in [-0.05, 0) is 121 Å². The second kappa shape index (κ2) is 27.4. The van der Waals surface area contributed by atoms with Crippen molar-refractivity contribution in [2.75, 3.05) is 48.1 Å². The second-order valence-electron chi connectivity index (χ2n) is 26.1. The number of aromatic amines is 2. The van der Waals surface area contributed by atoms with Crippen LogP contribution >= 0.6 is 11.3 Å². The van der Waals surface area contributed by atoms with Gasteiger partial charge in [-0.25, -0.2) is 29.3 Å². The Hall–Kier alpha value is -9.08. The lowest BCUT2D eigenvalue weighted by molar-refractivity contribution is -0.150. The number of fused-ring (bicyclic) bond motifs is 1. The van der Waals surface area contributed by atoms with Gasteiger partial charge in [-0.2, -0.15) is 5.10 Å². The first kappa shape index (κ1) is 65.9. The molecule has 24 heteroatoms. The van der Waals surface area contributed by atoms with Crippen LogP contribution in [0.15, 0.2) is 96.9 Å². The number of nitrogens with zero attached hydrogens (tertiary/aromatic N) is 8. The molecule has 4 fully saturated rings. The van der Waals surface area contributed by atoms with E-state index in [0.717, 1.165) is 76.9 Å². The summed E-state index contributed by atoms with van der Waals surface area (Å²) >= 11 is 1.40. The summed E-state index contributed by atoms with van der Waals surface area (Å²) in [5, 5.41) is 22.8. The Balaban J connectivity index is 0.000000222. The maximum atomic E-state index is 14.3. The van der Waals surface area contributed by atoms with Crippen LogP contribution in [0.3, 0.4) is 0 Å². The predicted octanol–water partition coefficient (Wildman–Crippen LogP) is 9.85. The Kier molecular flexibility index (Phi) is 19.6. The molecule has 1 aliphatic carbocycles. The van der Waals surface area contributed by atoms with E-state index in [-0.39, 0.29) is 72.1 Å². The minimum absolute atomic E-state index is 0.000370. The number of imidazole rings is 2. The van der Waals surface area contributed by atoms with Crippen LogP contribution in [-0.4, -0.2) is 156 Å². The van der Waals surface area contributed by atoms with Crippen LogP contribution in [0.2, 0.25) is 0 Å². The highest BCUT2D eigenvalue weighted by molar-refractivity contribution is 7.09. The maximum Gasteiger partial charge on any atom is 0.407 e. The number of hydrogen-bond donors (Lipinski definition) is 5. The molecule has 0 bridgehead atoms. The van der Waals surface area contributed by atoms with Crippen molar-refractivity contribution >= 4 is 58.2 Å². The van der Waals surface area contributed by atoms with Crippen molar-refractivity contribution < 1.29 is 52.8 Å². The quantitative estimate of drug-likeness (QED) is 0.0530. The number of carbonyl (C=O) groups excluding carboxylic acids is 5. The van der Waals surface area contributed by atoms with Crippen LogP contribution < -0.4 is 15.4 Å². The van der Waals surface area contributed by atoms with Gasteiger partial charge >= 0.3 is 18.2 Å². The summed E-state index contributed by atoms with van der Waals surface area (Å²) in [5.74, 6) is 6.32. The topological polar surface area (TPSA) is 281 Å². The first-order valence-corrected chi connectivity index (χ1v) is 32.0. The largest absolute Gasteiger partial charge is 0.496 e. The number of nitrogens with one attached hydrogen (secondary N) is 4. The Morgan fingerprint density at radius 1 is 0.804 bits per heavy atom. The van der Waals surface area contributed by atoms with E-state index in [0.29, 0.717) is 35.2 Å². The number of likely N-dealkylation sites (tertiary alicyclic amines) is 3. The zero-order valence-electron chi connectivity index (χ0n) is 53.9. The number of alkyl carbamates (subject to hydrolysis) is 2. The number of hydrogen-bond acceptors (Lipinski definition) is 15. The Bertz CT molecular complexity index is 3860. The van der Waals surface area contributed by atoms with Crippen LogP contribution in [0.25, 0.3) is 22.3 Å². The Labute approximate surface area is 539 Å². The molecule has 92 heavy (non-hydrogen) atoms. The van der Waals surface area contributed by atoms with Crippen LogP contribution in [0.4, 0.5) is 9.59 Å². The summed E-state index contributed by atoms with van der Waals surface area (Å²) in [7, 11) is 5.73. The number of carboxylic acids is 1. The first-order valence-electron chi connectivity index (χ1n) is 31.1. The average Bonchev–Trinajstić information content (AvgIpc) is 1.57. The number of carboxylic acid groups (broad SMARTS) is 1. The molecule has 4 aliphatic rings. The average molecular weight is 1280 g/mol. The third-order valence-electron chi connectivity index (χ3n) is 18.1. The molecular weight excluding hydrogens is 1190 g/mol. The zero-order valence-corrected chi connectivity index (χ0v) is 54.8. The fourth-order valence-electron chi connectivity index (χ4n) is 13.1. The van der Waals surface area contributed by atoms with Gasteiger partial charge < -0.3 is 59.4 Å². The molecule has 5 amide bonds. The summed E-state index contributed by atoms with van der Waals surface area (Å²) in [6.45, 7) is 15.4. The molecule has 3 saturated heterocycles. The minimum Gasteiger partial charge on any atom is -0.496 e. The van der Waals surface area contributed by atoms with Crippen LogP contribution in [-0.2, 0) is 40.6 Å². The predicted molar refractivity (Wildman–Crippen MR) is 344 cm³/mol. The number of methoxy groups -OCH3 is 4. The van der Waals surface area contributed by atoms with Gasteiger partial charge in [0, 0.05) is 66.8 Å². The molecule has 7 aromatic rings. The number of thiazole rings is 1. The number of amides is 5. The maximum absolute atomic E-state index is 14.3. The molecule has 4 aromatic heterocycles. The van der Waals surface area contributed by atoms with Gasteiger partial charge in [0.2, 0.25) is 11.8 Å². The summed E-state index contributed by atoms with van der Waals surface area (Å²) < 4.78 is 22.2. The van der Waals surface area contributed by atoms with Crippen molar-refractivity contribution in [3.8, 4) is 28.8 Å². The summed E-state index contributed by atoms with van der Waals surface area (Å²) in [6, 6.07) is 18.4. The van der Waals surface area contributed by atoms with E-state index in [1.165, 1.54) is 30.5 Å². The first-order chi connectivity index (χ1) is 44.0. The molecule has 11 rings (SSSR count). The monoisotopic (exact) mass is 1270 g/mol. The standard InChI is InChI=1S/C42H50N8O6.C26H32N4O5S/c1-24(2)34(47-40(53)55-5)38(51)49-19-7-8-32(49)36-43-22-31(46-36)28-14-11-26(12-15-28)9-10-27-13-16-29-30(20-27)45-37(44-29)33-21-42(17-18-42)23-50(33)39(52)35(25(3)4)48-41(54)56-6;1-25(2,3)19-8-7-17(13-20(19)35-5)23(31)30-21(22-27-10-12-36-22)18(15-34-4)14-26(30,24(32)33)16-29-11-6-9-28-29/h11-16,20,22,24-25,32-35H,7-8,17-19,21,23H2,1-6H3,(H,43,46)(H,44,45)(H,47,53)(H,48,54);6-13,18,21H,14-16H2,1-5H3,(H,32,33)/t32-,33-,34-,35-;18-,21-,26-/m01/s1. The van der Waals surface area contributed by atoms with Crippen molar-refractivity contribution in [1.29, 1.82) is 0 Å². The molecule has 0 radical (unpaired) electrons. The summed E-state index contributed by atoms with van der Waals surface area (Å²) in [4.78, 5) is 105. The SMILES string of the molecule is COC(=O)N[C@H](C(=O)N1CCC[C@H]1c1ncc(-c2ccc(C#Cc3ccc4nc([C@@H]5CC6(CC6)CN5C(=O)[C@@H](NC(=O)OC)C(C)C)[nH]c4c3)cc2)[nH]1)C(C)C.COC[C@H]1C[C@@](Cn2cccn2)(C(=O)O)N(C(=O)c2ccc(C(C)(C)C)c(OC)c2)[C@H]1c1nccs1. The van der Waals surface area contributed by atoms with Crippen LogP contribution in [0, 0.1) is 35.0 Å². The second-order valence-corrected chi connectivity index (χ2v) is 27.0. The normalized spacial score (nSPS) is 20.5. The van der Waals surface area contributed by atoms with E-state index in [9.17, 15) is 33.9 Å². The molecule has 5 N–H and O–H groups in total. The minimum atomic E-state index is -1.56. The number of rotatable bonds is 17. The Morgan fingerprint density at radius 2 is 1.49 bits per heavy atom. The number of ether oxygens (including phenoxy) is 4. The molecule has 1 spiro atoms. The molecule has 1 saturated carbocycles. The molecule has 3 aromatic carbocycles. The zero-order chi connectivity index (χ0) is 65.8. The van der Waals surface area contributed by atoms with Gasteiger partial charge in [0.15, 0.2) is 5.54 Å². The molecule has 23 nitrogen and oxygen atoms in total. The van der Waals surface area contributed by atoms with Gasteiger partial charge in [0.25, 0.3) is 5.91 Å². The van der Waals surface area contributed by atoms with Gasteiger partial charge in [-0.3, -0.25) is 19.1 Å². The van der Waals surface area contributed by atoms with Gasteiger partial charge in [0.1, 0.15) is 34.5 Å². The van der Waals surface area contributed by atoms with Crippen molar-refractivity contribution in [3.63, 3.8) is 0 Å². The highest BCUT2D eigenvalue weighted by Gasteiger charge is 2.60. The fraction of sp³-hybridized carbons (Fsp3) is 0.471. The Morgan fingerprint density at radius 3 is 2.09 bits per heavy atom. The number of carbonyl (C=O) groups is 6. The molecule has 486 valence electrons. The lowest BCUT2D eigenvalue weighted by atomic mass is 9.85. The van der Waals surface area contributed by atoms with E-state index in [1.54, 1.807) is 66.8 Å². The van der Waals surface area contributed by atoms with E-state index in [2.05, 4.69) is 68.3 Å². The number of benzene rings is 3. The highest BCUT2D eigenvalue weighted by Crippen LogP contribution is 2.58. The number of aromatic nitrogens is 7. The van der Waals surface area contributed by atoms with E-state index < -0.39 is 47.7 Å². The lowest BCUT2D eigenvalue weighted by Crippen LogP contribution is -2.56. The van der Waals surface area contributed by atoms with Gasteiger partial charge in [-0.15, -0.1) is 11.3 Å². The lowest BCUT2D eigenvalue weighted by Gasteiger charge is -2.37. The molecular formula is C68H82N12O11S. The summed E-state index contributed by atoms with van der Waals surface area (Å²) in [5.41, 5.74) is 4.76. The number of H-pyrrole nitrogens is 2. The van der Waals surface area contributed by atoms with Crippen molar-refractivity contribution in [3.05, 3.63) is 136 Å². The molecule has 3 aliphatic heterocycles. The van der Waals surface area contributed by atoms with E-state index in [4.69, 9.17) is 23.9 Å². The number of aliphatic carboxylic acids is 1. The summed E-state index contributed by atoms with van der Waals surface area (Å²) in [6.07, 6.45) is 10.3.